The molecule has 0 aliphatic carbocycles. The summed E-state index contributed by atoms with van der Waals surface area (Å²) in [4.78, 5) is 12.4. The Morgan fingerprint density at radius 3 is 2.52 bits per heavy atom. The summed E-state index contributed by atoms with van der Waals surface area (Å²) < 4.78 is 29.5. The minimum absolute atomic E-state index is 0.00867. The Kier molecular flexibility index (Phi) is 6.43. The molecule has 7 nitrogen and oxygen atoms in total. The van der Waals surface area contributed by atoms with Gasteiger partial charge in [0.05, 0.1) is 6.61 Å². The average molecular weight is 399 g/mol. The SMILES string of the molecule is CC(C)COc1ccc(-c2nonc2NC(=O)[C@H](C)Oc2ccccc2F)cc1. The van der Waals surface area contributed by atoms with Crippen LogP contribution in [0.3, 0.4) is 0 Å². The number of carbonyl (C=O) groups is 1. The van der Waals surface area contributed by atoms with E-state index in [2.05, 4.69) is 29.5 Å². The van der Waals surface area contributed by atoms with Gasteiger partial charge in [-0.05, 0) is 59.6 Å². The third-order valence-electron chi connectivity index (χ3n) is 3.95. The van der Waals surface area contributed by atoms with Crippen LogP contribution in [0.4, 0.5) is 10.2 Å². The van der Waals surface area contributed by atoms with Crippen molar-refractivity contribution in [3.8, 4) is 22.8 Å². The number of anilines is 1. The lowest BCUT2D eigenvalue weighted by atomic mass is 10.1. The smallest absolute Gasteiger partial charge is 0.266 e. The van der Waals surface area contributed by atoms with Crippen molar-refractivity contribution in [1.82, 2.24) is 10.3 Å². The van der Waals surface area contributed by atoms with E-state index in [-0.39, 0.29) is 11.6 Å². The van der Waals surface area contributed by atoms with Crippen molar-refractivity contribution in [2.75, 3.05) is 11.9 Å². The zero-order chi connectivity index (χ0) is 20.8. The molecule has 0 aliphatic heterocycles. The fourth-order valence-corrected chi connectivity index (χ4v) is 2.43. The summed E-state index contributed by atoms with van der Waals surface area (Å²) in [6.07, 6.45) is -0.955. The van der Waals surface area contributed by atoms with Gasteiger partial charge < -0.3 is 14.8 Å². The molecule has 29 heavy (non-hydrogen) atoms. The topological polar surface area (TPSA) is 86.5 Å². The Labute approximate surface area is 167 Å². The second-order valence-electron chi connectivity index (χ2n) is 6.87. The first-order valence-corrected chi connectivity index (χ1v) is 9.22. The van der Waals surface area contributed by atoms with Gasteiger partial charge in [0.15, 0.2) is 23.4 Å². The number of benzene rings is 2. The number of amides is 1. The molecule has 0 spiro atoms. The Bertz CT molecular complexity index is 957. The van der Waals surface area contributed by atoms with E-state index in [0.29, 0.717) is 23.8 Å². The zero-order valence-corrected chi connectivity index (χ0v) is 16.4. The van der Waals surface area contributed by atoms with E-state index in [4.69, 9.17) is 14.1 Å². The standard InChI is InChI=1S/C21H22FN3O4/c1-13(2)12-27-16-10-8-15(9-11-16)19-20(25-29-24-19)23-21(26)14(3)28-18-7-5-4-6-17(18)22/h4-11,13-14H,12H2,1-3H3,(H,23,25,26)/t14-/m0/s1. The molecule has 1 heterocycles. The number of hydrogen-bond acceptors (Lipinski definition) is 6. The second kappa shape index (κ2) is 9.18. The maximum atomic E-state index is 13.7. The molecule has 0 radical (unpaired) electrons. The summed E-state index contributed by atoms with van der Waals surface area (Å²) in [5.41, 5.74) is 1.06. The molecule has 3 aromatic rings. The van der Waals surface area contributed by atoms with E-state index in [1.807, 2.05) is 12.1 Å². The molecule has 1 amide bonds. The number of aromatic nitrogens is 2. The molecule has 0 aliphatic rings. The number of carbonyl (C=O) groups excluding carboxylic acids is 1. The lowest BCUT2D eigenvalue weighted by molar-refractivity contribution is -0.122. The molecule has 152 valence electrons. The summed E-state index contributed by atoms with van der Waals surface area (Å²) >= 11 is 0. The van der Waals surface area contributed by atoms with Gasteiger partial charge in [-0.2, -0.15) is 0 Å². The Balaban J connectivity index is 1.66. The highest BCUT2D eigenvalue weighted by Crippen LogP contribution is 2.27. The average Bonchev–Trinajstić information content (AvgIpc) is 3.16. The predicted molar refractivity (Wildman–Crippen MR) is 105 cm³/mol. The molecule has 2 aromatic carbocycles. The molecule has 1 atom stereocenters. The highest BCUT2D eigenvalue weighted by atomic mass is 19.1. The van der Waals surface area contributed by atoms with E-state index in [1.54, 1.807) is 24.3 Å². The molecule has 0 saturated carbocycles. The first-order chi connectivity index (χ1) is 13.9. The van der Waals surface area contributed by atoms with Crippen LogP contribution in [-0.4, -0.2) is 28.9 Å². The molecule has 0 bridgehead atoms. The van der Waals surface area contributed by atoms with Crippen LogP contribution in [0.15, 0.2) is 53.2 Å². The molecule has 8 heteroatoms. The van der Waals surface area contributed by atoms with Gasteiger partial charge in [0.1, 0.15) is 5.75 Å². The molecular formula is C21H22FN3O4. The third kappa shape index (κ3) is 5.31. The van der Waals surface area contributed by atoms with Crippen LogP contribution in [0.2, 0.25) is 0 Å². The third-order valence-corrected chi connectivity index (χ3v) is 3.95. The van der Waals surface area contributed by atoms with Crippen molar-refractivity contribution in [2.45, 2.75) is 26.9 Å². The van der Waals surface area contributed by atoms with Gasteiger partial charge in [-0.3, -0.25) is 4.79 Å². The lowest BCUT2D eigenvalue weighted by Gasteiger charge is -2.14. The Morgan fingerprint density at radius 1 is 1.10 bits per heavy atom. The number of halogens is 1. The number of rotatable bonds is 8. The molecular weight excluding hydrogens is 377 g/mol. The van der Waals surface area contributed by atoms with Crippen molar-refractivity contribution in [2.24, 2.45) is 5.92 Å². The quantitative estimate of drug-likeness (QED) is 0.607. The fraction of sp³-hybridized carbons (Fsp3) is 0.286. The number of nitrogens with zero attached hydrogens (tertiary/aromatic N) is 2. The minimum Gasteiger partial charge on any atom is -0.493 e. The second-order valence-corrected chi connectivity index (χ2v) is 6.87. The maximum Gasteiger partial charge on any atom is 0.266 e. The van der Waals surface area contributed by atoms with Gasteiger partial charge in [-0.25, -0.2) is 9.02 Å². The maximum absolute atomic E-state index is 13.7. The van der Waals surface area contributed by atoms with E-state index in [0.717, 1.165) is 5.75 Å². The molecule has 1 N–H and O–H groups in total. The monoisotopic (exact) mass is 399 g/mol. The van der Waals surface area contributed by atoms with Crippen LogP contribution in [0.1, 0.15) is 20.8 Å². The van der Waals surface area contributed by atoms with E-state index in [1.165, 1.54) is 19.1 Å². The zero-order valence-electron chi connectivity index (χ0n) is 16.4. The highest BCUT2D eigenvalue weighted by molar-refractivity contribution is 5.95. The lowest BCUT2D eigenvalue weighted by Crippen LogP contribution is -2.30. The number of para-hydroxylation sites is 1. The van der Waals surface area contributed by atoms with Crippen molar-refractivity contribution < 1.29 is 23.3 Å². The van der Waals surface area contributed by atoms with Crippen molar-refractivity contribution in [3.63, 3.8) is 0 Å². The molecule has 1 aromatic heterocycles. The largest absolute Gasteiger partial charge is 0.493 e. The van der Waals surface area contributed by atoms with E-state index < -0.39 is 17.8 Å². The summed E-state index contributed by atoms with van der Waals surface area (Å²) in [6, 6.07) is 13.1. The summed E-state index contributed by atoms with van der Waals surface area (Å²) in [7, 11) is 0. The molecule has 0 fully saturated rings. The van der Waals surface area contributed by atoms with Gasteiger partial charge >= 0.3 is 0 Å². The molecule has 3 rings (SSSR count). The predicted octanol–water partition coefficient (Wildman–Crippen LogP) is 4.32. The number of ether oxygens (including phenoxy) is 2. The fourth-order valence-electron chi connectivity index (χ4n) is 2.43. The normalized spacial score (nSPS) is 11.9. The Morgan fingerprint density at radius 2 is 1.83 bits per heavy atom. The first kappa shape index (κ1) is 20.3. The van der Waals surface area contributed by atoms with Gasteiger partial charge in [0.25, 0.3) is 5.91 Å². The summed E-state index contributed by atoms with van der Waals surface area (Å²) in [6.45, 7) is 6.27. The van der Waals surface area contributed by atoms with Crippen LogP contribution < -0.4 is 14.8 Å². The van der Waals surface area contributed by atoms with Gasteiger partial charge in [0.2, 0.25) is 5.82 Å². The molecule has 0 unspecified atom stereocenters. The highest BCUT2D eigenvalue weighted by Gasteiger charge is 2.21. The van der Waals surface area contributed by atoms with Crippen molar-refractivity contribution >= 4 is 11.7 Å². The number of nitrogens with one attached hydrogen (secondary N) is 1. The number of hydrogen-bond donors (Lipinski definition) is 1. The van der Waals surface area contributed by atoms with Crippen LogP contribution in [-0.2, 0) is 4.79 Å². The summed E-state index contributed by atoms with van der Waals surface area (Å²) in [5, 5.41) is 10.2. The van der Waals surface area contributed by atoms with Crippen LogP contribution in [0.25, 0.3) is 11.3 Å². The minimum atomic E-state index is -0.955. The Hall–Kier alpha value is -3.42. The van der Waals surface area contributed by atoms with Crippen molar-refractivity contribution in [1.29, 1.82) is 0 Å². The van der Waals surface area contributed by atoms with E-state index >= 15 is 0 Å². The van der Waals surface area contributed by atoms with Crippen molar-refractivity contribution in [3.05, 3.63) is 54.3 Å². The van der Waals surface area contributed by atoms with E-state index in [9.17, 15) is 9.18 Å². The molecule has 0 saturated heterocycles. The van der Waals surface area contributed by atoms with Crippen LogP contribution in [0.5, 0.6) is 11.5 Å². The summed E-state index contributed by atoms with van der Waals surface area (Å²) in [5.74, 6) is 0.236. The van der Waals surface area contributed by atoms with Gasteiger partial charge in [0, 0.05) is 5.56 Å². The van der Waals surface area contributed by atoms with Gasteiger partial charge in [-0.1, -0.05) is 26.0 Å². The van der Waals surface area contributed by atoms with Crippen LogP contribution >= 0.6 is 0 Å². The van der Waals surface area contributed by atoms with Crippen LogP contribution in [0, 0.1) is 11.7 Å². The van der Waals surface area contributed by atoms with Gasteiger partial charge in [-0.15, -0.1) is 0 Å². The first-order valence-electron chi connectivity index (χ1n) is 9.22.